The van der Waals surface area contributed by atoms with Gasteiger partial charge in [0.2, 0.25) is 0 Å². The molecule has 72 valence electrons. The number of aromatic carboxylic acids is 1. The highest BCUT2D eigenvalue weighted by Crippen LogP contribution is 2.18. The van der Waals surface area contributed by atoms with Crippen LogP contribution in [0.1, 0.15) is 16.1 Å². The summed E-state index contributed by atoms with van der Waals surface area (Å²) in [5.74, 6) is -1.08. The number of hydrogen-bond acceptors (Lipinski definition) is 2. The lowest BCUT2D eigenvalue weighted by Gasteiger charge is -1.97. The summed E-state index contributed by atoms with van der Waals surface area (Å²) in [4.78, 5) is 14.8. The molecule has 0 saturated heterocycles. The lowest BCUT2D eigenvalue weighted by molar-refractivity contribution is 0.0689. The molecule has 0 aliphatic heterocycles. The first-order valence-electron chi connectivity index (χ1n) is 3.97. The molecule has 0 amide bonds. The highest BCUT2D eigenvalue weighted by atomic mass is 35.5. The summed E-state index contributed by atoms with van der Waals surface area (Å²) in [6, 6.07) is 3.58. The minimum Gasteiger partial charge on any atom is -0.476 e. The third-order valence-electron chi connectivity index (χ3n) is 1.94. The Morgan fingerprint density at radius 2 is 2.36 bits per heavy atom. The summed E-state index contributed by atoms with van der Waals surface area (Å²) in [6.07, 6.45) is 1.65. The number of nitrogens with zero attached hydrogens (tertiary/aromatic N) is 2. The molecule has 0 aromatic carbocycles. The van der Waals surface area contributed by atoms with Crippen LogP contribution < -0.4 is 0 Å². The summed E-state index contributed by atoms with van der Waals surface area (Å²) < 4.78 is 1.46. The Bertz CT molecular complexity index is 519. The first kappa shape index (κ1) is 9.02. The summed E-state index contributed by atoms with van der Waals surface area (Å²) in [5, 5.41) is 8.89. The van der Waals surface area contributed by atoms with Crippen molar-refractivity contribution in [1.29, 1.82) is 0 Å². The average Bonchev–Trinajstić information content (AvgIpc) is 2.39. The Hall–Kier alpha value is -1.55. The molecule has 1 N–H and O–H groups in total. The van der Waals surface area contributed by atoms with Crippen molar-refractivity contribution >= 4 is 23.2 Å². The van der Waals surface area contributed by atoms with E-state index in [2.05, 4.69) is 4.98 Å². The molecule has 4 nitrogen and oxygen atoms in total. The number of hydrogen-bond donors (Lipinski definition) is 1. The van der Waals surface area contributed by atoms with E-state index in [4.69, 9.17) is 16.7 Å². The van der Waals surface area contributed by atoms with Crippen molar-refractivity contribution < 1.29 is 9.90 Å². The van der Waals surface area contributed by atoms with Crippen LogP contribution in [0.3, 0.4) is 0 Å². The predicted molar refractivity (Wildman–Crippen MR) is 51.9 cm³/mol. The summed E-state index contributed by atoms with van der Waals surface area (Å²) in [7, 11) is 0. The fraction of sp³-hybridized carbons (Fsp3) is 0.111. The van der Waals surface area contributed by atoms with Gasteiger partial charge >= 0.3 is 5.97 Å². The molecule has 0 radical (unpaired) electrons. The molecule has 0 aliphatic rings. The molecular weight excluding hydrogens is 204 g/mol. The molecule has 0 bridgehead atoms. The van der Waals surface area contributed by atoms with Gasteiger partial charge in [-0.25, -0.2) is 9.78 Å². The van der Waals surface area contributed by atoms with Gasteiger partial charge < -0.3 is 5.11 Å². The Kier molecular flexibility index (Phi) is 1.93. The van der Waals surface area contributed by atoms with Gasteiger partial charge in [0.15, 0.2) is 10.8 Å². The Morgan fingerprint density at radius 1 is 1.64 bits per heavy atom. The zero-order chi connectivity index (χ0) is 10.3. The summed E-state index contributed by atoms with van der Waals surface area (Å²) in [5.41, 5.74) is 1.56. The zero-order valence-electron chi connectivity index (χ0n) is 7.36. The third kappa shape index (κ3) is 1.24. The van der Waals surface area contributed by atoms with Crippen LogP contribution in [0.15, 0.2) is 18.3 Å². The fourth-order valence-corrected chi connectivity index (χ4v) is 1.57. The van der Waals surface area contributed by atoms with Gasteiger partial charge in [-0.05, 0) is 24.6 Å². The van der Waals surface area contributed by atoms with E-state index in [9.17, 15) is 4.79 Å². The molecule has 5 heteroatoms. The van der Waals surface area contributed by atoms with Crippen molar-refractivity contribution in [3.63, 3.8) is 0 Å². The van der Waals surface area contributed by atoms with Crippen LogP contribution in [0, 0.1) is 6.92 Å². The molecule has 2 aromatic heterocycles. The number of aromatic nitrogens is 2. The van der Waals surface area contributed by atoms with Gasteiger partial charge in [0, 0.05) is 6.20 Å². The highest BCUT2D eigenvalue weighted by molar-refractivity contribution is 6.32. The first-order valence-corrected chi connectivity index (χ1v) is 4.35. The van der Waals surface area contributed by atoms with E-state index in [1.165, 1.54) is 4.40 Å². The van der Waals surface area contributed by atoms with Crippen LogP contribution in [-0.4, -0.2) is 20.5 Å². The number of carboxylic acid groups (broad SMARTS) is 1. The van der Waals surface area contributed by atoms with Crippen molar-refractivity contribution in [3.05, 3.63) is 34.7 Å². The number of rotatable bonds is 1. The molecule has 0 unspecified atom stereocenters. The van der Waals surface area contributed by atoms with Crippen LogP contribution in [0.2, 0.25) is 5.15 Å². The van der Waals surface area contributed by atoms with Crippen LogP contribution >= 0.6 is 11.6 Å². The summed E-state index contributed by atoms with van der Waals surface area (Å²) >= 11 is 5.70. The quantitative estimate of drug-likeness (QED) is 0.783. The van der Waals surface area contributed by atoms with Crippen molar-refractivity contribution in [2.24, 2.45) is 0 Å². The van der Waals surface area contributed by atoms with E-state index in [-0.39, 0.29) is 10.8 Å². The lowest BCUT2D eigenvalue weighted by atomic mass is 10.3. The van der Waals surface area contributed by atoms with Crippen molar-refractivity contribution in [2.75, 3.05) is 0 Å². The first-order chi connectivity index (χ1) is 6.59. The smallest absolute Gasteiger partial charge is 0.356 e. The number of halogens is 1. The summed E-state index contributed by atoms with van der Waals surface area (Å²) in [6.45, 7) is 1.91. The number of carboxylic acids is 1. The van der Waals surface area contributed by atoms with E-state index < -0.39 is 5.97 Å². The van der Waals surface area contributed by atoms with Crippen LogP contribution in [-0.2, 0) is 0 Å². The van der Waals surface area contributed by atoms with Crippen LogP contribution in [0.25, 0.3) is 5.65 Å². The number of pyridine rings is 1. The number of aryl methyl sites for hydroxylation is 1. The highest BCUT2D eigenvalue weighted by Gasteiger charge is 2.16. The Labute approximate surface area is 84.8 Å². The maximum absolute atomic E-state index is 10.8. The minimum absolute atomic E-state index is 0.00154. The van der Waals surface area contributed by atoms with Gasteiger partial charge in [0.25, 0.3) is 0 Å². The molecular formula is C9H7ClN2O2. The molecule has 0 saturated carbocycles. The monoisotopic (exact) mass is 210 g/mol. The molecule has 0 fully saturated rings. The maximum Gasteiger partial charge on any atom is 0.356 e. The van der Waals surface area contributed by atoms with Crippen molar-refractivity contribution in [2.45, 2.75) is 6.92 Å². The molecule has 14 heavy (non-hydrogen) atoms. The zero-order valence-corrected chi connectivity index (χ0v) is 8.12. The largest absolute Gasteiger partial charge is 0.476 e. The van der Waals surface area contributed by atoms with E-state index in [1.54, 1.807) is 18.3 Å². The Morgan fingerprint density at radius 3 is 3.00 bits per heavy atom. The van der Waals surface area contributed by atoms with Crippen LogP contribution in [0.5, 0.6) is 0 Å². The SMILES string of the molecule is Cc1ccn2c(C(=O)O)c(Cl)nc2c1. The van der Waals surface area contributed by atoms with Gasteiger partial charge in [0.05, 0.1) is 0 Å². The molecule has 2 aromatic rings. The van der Waals surface area contributed by atoms with E-state index >= 15 is 0 Å². The fourth-order valence-electron chi connectivity index (χ4n) is 1.31. The van der Waals surface area contributed by atoms with Gasteiger partial charge in [-0.1, -0.05) is 11.6 Å². The molecule has 0 atom stereocenters. The van der Waals surface area contributed by atoms with Crippen LogP contribution in [0.4, 0.5) is 0 Å². The number of imidazole rings is 1. The third-order valence-corrected chi connectivity index (χ3v) is 2.21. The average molecular weight is 211 g/mol. The normalized spacial score (nSPS) is 10.7. The second-order valence-electron chi connectivity index (χ2n) is 2.99. The molecule has 2 heterocycles. The van der Waals surface area contributed by atoms with E-state index in [1.807, 2.05) is 6.92 Å². The van der Waals surface area contributed by atoms with Crippen molar-refractivity contribution in [3.8, 4) is 0 Å². The topological polar surface area (TPSA) is 54.6 Å². The van der Waals surface area contributed by atoms with Gasteiger partial charge in [-0.3, -0.25) is 4.40 Å². The molecule has 2 rings (SSSR count). The van der Waals surface area contributed by atoms with Gasteiger partial charge in [-0.15, -0.1) is 0 Å². The molecule has 0 aliphatic carbocycles. The maximum atomic E-state index is 10.8. The van der Waals surface area contributed by atoms with Gasteiger partial charge in [-0.2, -0.15) is 0 Å². The van der Waals surface area contributed by atoms with E-state index in [0.29, 0.717) is 5.65 Å². The lowest BCUT2D eigenvalue weighted by Crippen LogP contribution is -2.01. The van der Waals surface area contributed by atoms with Crippen molar-refractivity contribution in [1.82, 2.24) is 9.38 Å². The number of carbonyl (C=O) groups is 1. The second kappa shape index (κ2) is 2.99. The Balaban J connectivity index is 2.84. The molecule has 0 spiro atoms. The predicted octanol–water partition coefficient (Wildman–Crippen LogP) is 1.99. The van der Waals surface area contributed by atoms with E-state index in [0.717, 1.165) is 5.56 Å². The van der Waals surface area contributed by atoms with Gasteiger partial charge in [0.1, 0.15) is 5.65 Å². The minimum atomic E-state index is -1.08. The second-order valence-corrected chi connectivity index (χ2v) is 3.35. The number of fused-ring (bicyclic) bond motifs is 1. The standard InChI is InChI=1S/C9H7ClN2O2/c1-5-2-3-12-6(4-5)11-8(10)7(12)9(13)14/h2-4H,1H3,(H,13,14).